The molecular formula is C48H53ClF3N11O5S. The first-order valence-electron chi connectivity index (χ1n) is 22.9. The van der Waals surface area contributed by atoms with E-state index in [1.807, 2.05) is 17.2 Å². The van der Waals surface area contributed by atoms with Crippen LogP contribution in [-0.4, -0.2) is 130 Å². The molecule has 16 nitrogen and oxygen atoms in total. The summed E-state index contributed by atoms with van der Waals surface area (Å²) in [7, 11) is 1.30. The molecule has 69 heavy (non-hydrogen) atoms. The van der Waals surface area contributed by atoms with Gasteiger partial charge >= 0.3 is 11.9 Å². The van der Waals surface area contributed by atoms with Crippen LogP contribution in [0.4, 0.5) is 18.9 Å². The first-order valence-corrected chi connectivity index (χ1v) is 24.2. The number of amidine groups is 1. The molecule has 0 radical (unpaired) electrons. The van der Waals surface area contributed by atoms with Crippen LogP contribution in [0.15, 0.2) is 82.8 Å². The number of carboxylic acid groups (broad SMARTS) is 1. The predicted molar refractivity (Wildman–Crippen MR) is 255 cm³/mol. The quantitative estimate of drug-likeness (QED) is 0.0547. The largest absolute Gasteiger partial charge is 0.490 e. The third-order valence-corrected chi connectivity index (χ3v) is 13.6. The topological polar surface area (TPSA) is 183 Å². The number of benzene rings is 2. The minimum Gasteiger partial charge on any atom is -0.490 e. The highest BCUT2D eigenvalue weighted by atomic mass is 35.5. The first-order chi connectivity index (χ1) is 33.5. The highest BCUT2D eigenvalue weighted by Crippen LogP contribution is 2.38. The van der Waals surface area contributed by atoms with Crippen LogP contribution in [0.1, 0.15) is 72.9 Å². The van der Waals surface area contributed by atoms with Crippen molar-refractivity contribution in [1.29, 1.82) is 0 Å². The van der Waals surface area contributed by atoms with Crippen LogP contribution in [-0.2, 0) is 20.7 Å². The zero-order valence-electron chi connectivity index (χ0n) is 38.2. The summed E-state index contributed by atoms with van der Waals surface area (Å²) < 4.78 is 54.9. The second kappa shape index (κ2) is 23.0. The molecular weight excluding hydrogens is 935 g/mol. The number of unbranched alkanes of at least 4 members (excludes halogenated alkanes) is 3. The van der Waals surface area contributed by atoms with E-state index in [4.69, 9.17) is 31.1 Å². The van der Waals surface area contributed by atoms with Gasteiger partial charge in [0.15, 0.2) is 34.1 Å². The molecule has 3 aliphatic heterocycles. The molecule has 3 N–H and O–H groups in total. The molecule has 2 aromatic carbocycles. The number of anilines is 1. The van der Waals surface area contributed by atoms with Crippen molar-refractivity contribution in [2.45, 2.75) is 63.6 Å². The minimum atomic E-state index is -1.03. The molecule has 1 saturated heterocycles. The second-order valence-electron chi connectivity index (χ2n) is 16.9. The summed E-state index contributed by atoms with van der Waals surface area (Å²) in [5, 5.41) is 19.1. The Balaban J connectivity index is 0.765. The van der Waals surface area contributed by atoms with Crippen molar-refractivity contribution in [3.8, 4) is 17.4 Å². The van der Waals surface area contributed by atoms with Gasteiger partial charge in [0.05, 0.1) is 31.0 Å². The molecule has 0 amide bonds. The highest BCUT2D eigenvalue weighted by molar-refractivity contribution is 7.11. The standard InChI is InChI=1S/C48H53ClF3N11O5S/c1-29-33-27-57-44(43-54-13-7-14-55-43)58-36(33)11-17-63(29)31-25-35(51)41(52)39(26-31)68-22-6-4-3-5-12-53-37(47(64)65)10-16-61-18-20-62(21-19-61)28-38-40(48(66)67-2)42(32-9-8-30(50)24-34(32)49)60-45(59-38)46-56-15-23-69-46/h7-9,13-15,23-27,29,37,42,53H,3-6,10-12,16-22,28H2,1-2H3,(H,59,60)(H,64,65)/t29?,37-,42+/m1/s1. The van der Waals surface area contributed by atoms with Crippen LogP contribution in [0.5, 0.6) is 5.75 Å². The van der Waals surface area contributed by atoms with Gasteiger partial charge in [-0.25, -0.2) is 38.5 Å². The van der Waals surface area contributed by atoms with Gasteiger partial charge in [-0.2, -0.15) is 4.39 Å². The lowest BCUT2D eigenvalue weighted by molar-refractivity contribution is -0.140. The van der Waals surface area contributed by atoms with Crippen molar-refractivity contribution in [2.24, 2.45) is 4.99 Å². The van der Waals surface area contributed by atoms with Gasteiger partial charge in [-0.1, -0.05) is 30.5 Å². The van der Waals surface area contributed by atoms with Gasteiger partial charge in [0, 0.05) is 122 Å². The van der Waals surface area contributed by atoms with Crippen LogP contribution in [0.2, 0.25) is 5.02 Å². The Labute approximate surface area is 406 Å². The molecule has 0 aliphatic carbocycles. The number of rotatable bonds is 20. The van der Waals surface area contributed by atoms with Gasteiger partial charge < -0.3 is 35.0 Å². The average molecular weight is 989 g/mol. The van der Waals surface area contributed by atoms with Crippen LogP contribution < -0.4 is 20.3 Å². The lowest BCUT2D eigenvalue weighted by atomic mass is 9.95. The third-order valence-electron chi connectivity index (χ3n) is 12.5. The molecule has 21 heteroatoms. The molecule has 0 spiro atoms. The van der Waals surface area contributed by atoms with Gasteiger partial charge in [0.1, 0.15) is 17.9 Å². The van der Waals surface area contributed by atoms with Gasteiger partial charge in [-0.15, -0.1) is 11.3 Å². The van der Waals surface area contributed by atoms with Crippen LogP contribution in [0.25, 0.3) is 11.6 Å². The van der Waals surface area contributed by atoms with E-state index in [0.717, 1.165) is 30.5 Å². The second-order valence-corrected chi connectivity index (χ2v) is 18.2. The Morgan fingerprint density at radius 3 is 2.48 bits per heavy atom. The van der Waals surface area contributed by atoms with Crippen LogP contribution in [0.3, 0.4) is 0 Å². The fourth-order valence-electron chi connectivity index (χ4n) is 8.79. The first kappa shape index (κ1) is 49.4. The van der Waals surface area contributed by atoms with E-state index >= 15 is 0 Å². The monoisotopic (exact) mass is 987 g/mol. The number of carbonyl (C=O) groups is 2. The number of thiazole rings is 1. The highest BCUT2D eigenvalue weighted by Gasteiger charge is 2.35. The van der Waals surface area contributed by atoms with Crippen molar-refractivity contribution in [3.63, 3.8) is 0 Å². The number of hydrogen-bond donors (Lipinski definition) is 3. The predicted octanol–water partition coefficient (Wildman–Crippen LogP) is 6.79. The fourth-order valence-corrected chi connectivity index (χ4v) is 9.64. The lowest BCUT2D eigenvalue weighted by Crippen LogP contribution is -2.50. The summed E-state index contributed by atoms with van der Waals surface area (Å²) in [5.74, 6) is -2.84. The van der Waals surface area contributed by atoms with Gasteiger partial charge in [-0.3, -0.25) is 14.7 Å². The number of esters is 1. The van der Waals surface area contributed by atoms with E-state index in [9.17, 15) is 27.9 Å². The number of nitrogens with zero attached hydrogens (tertiary/aromatic N) is 9. The van der Waals surface area contributed by atoms with E-state index < -0.39 is 41.5 Å². The number of nitrogens with one attached hydrogen (secondary N) is 2. The zero-order chi connectivity index (χ0) is 48.4. The summed E-state index contributed by atoms with van der Waals surface area (Å²) >= 11 is 7.89. The Morgan fingerprint density at radius 1 is 0.957 bits per heavy atom. The van der Waals surface area contributed by atoms with E-state index in [1.54, 1.807) is 30.9 Å². The minimum absolute atomic E-state index is 0.133. The van der Waals surface area contributed by atoms with E-state index in [-0.39, 0.29) is 29.0 Å². The number of aliphatic carboxylic acids is 1. The van der Waals surface area contributed by atoms with Crippen molar-refractivity contribution in [1.82, 2.24) is 45.4 Å². The molecule has 1 unspecified atom stereocenters. The Kier molecular flexibility index (Phi) is 16.5. The zero-order valence-corrected chi connectivity index (χ0v) is 39.8. The average Bonchev–Trinajstić information content (AvgIpc) is 3.90. The molecule has 3 atom stereocenters. The number of ether oxygens (including phenoxy) is 2. The maximum Gasteiger partial charge on any atom is 0.338 e. The Bertz CT molecular complexity index is 2660. The molecule has 1 fully saturated rings. The van der Waals surface area contributed by atoms with Gasteiger partial charge in [-0.05, 0) is 50.9 Å². The number of aliphatic imine (C=N–C) groups is 1. The summed E-state index contributed by atoms with van der Waals surface area (Å²) in [5.41, 5.74) is 3.57. The van der Waals surface area contributed by atoms with Gasteiger partial charge in [0.25, 0.3) is 0 Å². The number of carbonyl (C=O) groups excluding carboxylic acids is 1. The van der Waals surface area contributed by atoms with Crippen molar-refractivity contribution in [3.05, 3.63) is 122 Å². The number of halogens is 4. The molecule has 6 heterocycles. The SMILES string of the molecule is COC(=O)C1=C(CN2CCN(CC[C@@H](NCCCCCCOc3cc(N4CCc5nc(-c6ncccn6)ncc5C4C)cc(F)c3F)C(=O)O)CC2)NC(c2nccs2)=N[C@H]1c1ccc(F)cc1Cl. The molecule has 3 aliphatic rings. The van der Waals surface area contributed by atoms with E-state index in [2.05, 4.69) is 40.4 Å². The van der Waals surface area contributed by atoms with E-state index in [1.165, 1.54) is 48.8 Å². The van der Waals surface area contributed by atoms with Crippen molar-refractivity contribution >= 4 is 46.4 Å². The Hall–Kier alpha value is -6.06. The lowest BCUT2D eigenvalue weighted by Gasteiger charge is -2.37. The number of piperazine rings is 1. The fraction of sp³-hybridized carbons (Fsp3) is 0.417. The molecule has 3 aromatic heterocycles. The number of carboxylic acids is 1. The molecule has 0 bridgehead atoms. The molecule has 0 saturated carbocycles. The molecule has 364 valence electrons. The Morgan fingerprint density at radius 2 is 1.74 bits per heavy atom. The van der Waals surface area contributed by atoms with Crippen LogP contribution in [0, 0.1) is 17.5 Å². The summed E-state index contributed by atoms with van der Waals surface area (Å²) in [4.78, 5) is 58.8. The maximum absolute atomic E-state index is 14.9. The number of aromatic nitrogens is 5. The third kappa shape index (κ3) is 12.0. The molecule has 5 aromatic rings. The molecule has 8 rings (SSSR count). The number of hydrogen-bond acceptors (Lipinski definition) is 16. The van der Waals surface area contributed by atoms with Crippen molar-refractivity contribution in [2.75, 3.05) is 71.0 Å². The smallest absolute Gasteiger partial charge is 0.338 e. The summed E-state index contributed by atoms with van der Waals surface area (Å²) in [6.07, 6.45) is 10.6. The van der Waals surface area contributed by atoms with Gasteiger partial charge in [0.2, 0.25) is 5.82 Å². The van der Waals surface area contributed by atoms with Crippen molar-refractivity contribution < 1.29 is 37.3 Å². The number of fused-ring (bicyclic) bond motifs is 1. The summed E-state index contributed by atoms with van der Waals surface area (Å²) in [6.45, 7) is 6.84. The number of methoxy groups -OCH3 is 1. The maximum atomic E-state index is 14.9. The normalized spacial score (nSPS) is 18.1. The van der Waals surface area contributed by atoms with E-state index in [0.29, 0.717) is 111 Å². The van der Waals surface area contributed by atoms with Crippen LogP contribution >= 0.6 is 22.9 Å². The summed E-state index contributed by atoms with van der Waals surface area (Å²) in [6, 6.07) is 6.66.